The van der Waals surface area contributed by atoms with E-state index in [1.54, 1.807) is 31.2 Å². The molecular weight excluding hydrogens is 444 g/mol. The van der Waals surface area contributed by atoms with Crippen LogP contribution in [0, 0.1) is 10.1 Å². The zero-order valence-corrected chi connectivity index (χ0v) is 18.8. The molecule has 0 fully saturated rings. The molecule has 0 aliphatic carbocycles. The number of amides is 1. The molecule has 0 saturated carbocycles. The number of hydrogen-bond donors (Lipinski definition) is 1. The number of rotatable bonds is 8. The van der Waals surface area contributed by atoms with Gasteiger partial charge in [-0.05, 0) is 54.4 Å². The van der Waals surface area contributed by atoms with Gasteiger partial charge in [0.05, 0.1) is 29.1 Å². The summed E-state index contributed by atoms with van der Waals surface area (Å²) >= 11 is 0. The van der Waals surface area contributed by atoms with Crippen molar-refractivity contribution in [1.29, 1.82) is 0 Å². The molecule has 0 saturated heterocycles. The largest absolute Gasteiger partial charge is 0.271 e. The van der Waals surface area contributed by atoms with E-state index in [1.165, 1.54) is 28.6 Å². The maximum atomic E-state index is 12.5. The highest BCUT2D eigenvalue weighted by Crippen LogP contribution is 2.21. The molecule has 0 spiro atoms. The van der Waals surface area contributed by atoms with Crippen LogP contribution in [-0.2, 0) is 16.6 Å². The molecule has 0 bridgehead atoms. The normalized spacial score (nSPS) is 11.6. The van der Waals surface area contributed by atoms with Gasteiger partial charge in [-0.15, -0.1) is 0 Å². The Morgan fingerprint density at radius 3 is 2.09 bits per heavy atom. The van der Waals surface area contributed by atoms with Gasteiger partial charge in [0.1, 0.15) is 0 Å². The van der Waals surface area contributed by atoms with E-state index in [9.17, 15) is 23.3 Å². The Morgan fingerprint density at radius 1 is 0.970 bits per heavy atom. The third-order valence-corrected chi connectivity index (χ3v) is 5.95. The average Bonchev–Trinajstić information content (AvgIpc) is 2.81. The summed E-state index contributed by atoms with van der Waals surface area (Å²) in [5.74, 6) is -0.475. The first-order valence-corrected chi connectivity index (χ1v) is 11.7. The maximum Gasteiger partial charge on any atom is 0.271 e. The first kappa shape index (κ1) is 23.6. The molecule has 170 valence electrons. The Hall–Kier alpha value is -4.05. The Labute approximate surface area is 191 Å². The molecule has 0 aliphatic rings. The van der Waals surface area contributed by atoms with Crippen molar-refractivity contribution in [3.05, 3.63) is 106 Å². The topological polar surface area (TPSA) is 122 Å². The van der Waals surface area contributed by atoms with Crippen LogP contribution in [0.4, 0.5) is 11.4 Å². The number of nitrogens with one attached hydrogen (secondary N) is 1. The number of carbonyl (C=O) groups is 1. The SMILES string of the molecule is C/C(=N/NC(=O)c1ccc(N(Cc2ccccc2)S(C)(=O)=O)cc1)c1ccc([N+](=O)[O-])cc1. The summed E-state index contributed by atoms with van der Waals surface area (Å²) in [6.45, 7) is 1.84. The summed E-state index contributed by atoms with van der Waals surface area (Å²) in [6, 6.07) is 21.2. The van der Waals surface area contributed by atoms with Gasteiger partial charge >= 0.3 is 0 Å². The molecule has 0 aromatic heterocycles. The van der Waals surface area contributed by atoms with E-state index >= 15 is 0 Å². The fourth-order valence-electron chi connectivity index (χ4n) is 3.02. The molecule has 0 heterocycles. The van der Waals surface area contributed by atoms with Crippen molar-refractivity contribution >= 4 is 33.0 Å². The van der Waals surface area contributed by atoms with Crippen LogP contribution in [0.25, 0.3) is 0 Å². The number of carbonyl (C=O) groups excluding carboxylic acids is 1. The van der Waals surface area contributed by atoms with E-state index in [0.717, 1.165) is 11.8 Å². The number of non-ortho nitro benzene ring substituents is 1. The summed E-state index contributed by atoms with van der Waals surface area (Å²) in [7, 11) is -3.54. The van der Waals surface area contributed by atoms with Crippen LogP contribution in [0.1, 0.15) is 28.4 Å². The number of hydrazone groups is 1. The van der Waals surface area contributed by atoms with Crippen LogP contribution in [0.5, 0.6) is 0 Å². The van der Waals surface area contributed by atoms with E-state index in [-0.39, 0.29) is 12.2 Å². The van der Waals surface area contributed by atoms with E-state index < -0.39 is 20.9 Å². The number of nitro benzene ring substituents is 1. The van der Waals surface area contributed by atoms with Crippen LogP contribution in [0.15, 0.2) is 84.0 Å². The van der Waals surface area contributed by atoms with Crippen molar-refractivity contribution < 1.29 is 18.1 Å². The summed E-state index contributed by atoms with van der Waals surface area (Å²) in [5.41, 5.74) is 5.07. The molecule has 3 aromatic carbocycles. The molecule has 9 nitrogen and oxygen atoms in total. The first-order chi connectivity index (χ1) is 15.6. The second-order valence-corrected chi connectivity index (χ2v) is 9.15. The molecule has 0 atom stereocenters. The summed E-state index contributed by atoms with van der Waals surface area (Å²) in [5, 5.41) is 14.8. The zero-order valence-electron chi connectivity index (χ0n) is 18.0. The van der Waals surface area contributed by atoms with Gasteiger partial charge in [0.15, 0.2) is 0 Å². The molecule has 1 amide bonds. The quantitative estimate of drug-likeness (QED) is 0.308. The lowest BCUT2D eigenvalue weighted by molar-refractivity contribution is -0.384. The van der Waals surface area contributed by atoms with Crippen molar-refractivity contribution in [3.8, 4) is 0 Å². The predicted octanol–water partition coefficient (Wildman–Crippen LogP) is 3.72. The second-order valence-electron chi connectivity index (χ2n) is 7.24. The van der Waals surface area contributed by atoms with Crippen molar-refractivity contribution in [2.45, 2.75) is 13.5 Å². The molecule has 10 heteroatoms. The molecule has 0 unspecified atom stereocenters. The summed E-state index contributed by atoms with van der Waals surface area (Å²) in [6.07, 6.45) is 1.13. The number of benzene rings is 3. The van der Waals surface area contributed by atoms with Gasteiger partial charge in [-0.1, -0.05) is 30.3 Å². The fraction of sp³-hybridized carbons (Fsp3) is 0.130. The van der Waals surface area contributed by atoms with Gasteiger partial charge in [0.25, 0.3) is 11.6 Å². The second kappa shape index (κ2) is 10.0. The third kappa shape index (κ3) is 6.23. The number of nitro groups is 1. The molecular formula is C23H22N4O5S. The molecule has 0 radical (unpaired) electrons. The predicted molar refractivity (Wildman–Crippen MR) is 127 cm³/mol. The van der Waals surface area contributed by atoms with Crippen LogP contribution in [0.3, 0.4) is 0 Å². The lowest BCUT2D eigenvalue weighted by Crippen LogP contribution is -2.29. The maximum absolute atomic E-state index is 12.5. The lowest BCUT2D eigenvalue weighted by atomic mass is 10.1. The van der Waals surface area contributed by atoms with Gasteiger partial charge in [-0.3, -0.25) is 19.2 Å². The molecule has 33 heavy (non-hydrogen) atoms. The highest BCUT2D eigenvalue weighted by atomic mass is 32.2. The molecule has 3 rings (SSSR count). The smallest absolute Gasteiger partial charge is 0.267 e. The van der Waals surface area contributed by atoms with Gasteiger partial charge in [-0.25, -0.2) is 13.8 Å². The van der Waals surface area contributed by atoms with Gasteiger partial charge in [-0.2, -0.15) is 5.10 Å². The Morgan fingerprint density at radius 2 is 1.55 bits per heavy atom. The highest BCUT2D eigenvalue weighted by Gasteiger charge is 2.18. The Bertz CT molecular complexity index is 1270. The van der Waals surface area contributed by atoms with E-state index in [1.807, 2.05) is 30.3 Å². The Kier molecular flexibility index (Phi) is 7.19. The fourth-order valence-corrected chi connectivity index (χ4v) is 3.90. The number of sulfonamides is 1. The minimum atomic E-state index is -3.54. The third-order valence-electron chi connectivity index (χ3n) is 4.81. The van der Waals surface area contributed by atoms with Crippen LogP contribution in [-0.4, -0.2) is 31.2 Å². The first-order valence-electron chi connectivity index (χ1n) is 9.86. The standard InChI is InChI=1S/C23H22N4O5S/c1-17(19-8-14-22(15-9-19)27(29)30)24-25-23(28)20-10-12-21(13-11-20)26(33(2,31)32)16-18-6-4-3-5-7-18/h3-15H,16H2,1-2H3,(H,25,28)/b24-17-. The highest BCUT2D eigenvalue weighted by molar-refractivity contribution is 7.92. The molecule has 1 N–H and O–H groups in total. The lowest BCUT2D eigenvalue weighted by Gasteiger charge is -2.22. The minimum absolute atomic E-state index is 0.0360. The van der Waals surface area contributed by atoms with Crippen molar-refractivity contribution in [2.24, 2.45) is 5.10 Å². The Balaban J connectivity index is 1.72. The minimum Gasteiger partial charge on any atom is -0.267 e. The van der Waals surface area contributed by atoms with Crippen molar-refractivity contribution in [3.63, 3.8) is 0 Å². The number of nitrogens with zero attached hydrogens (tertiary/aromatic N) is 3. The summed E-state index contributed by atoms with van der Waals surface area (Å²) in [4.78, 5) is 22.7. The van der Waals surface area contributed by atoms with Gasteiger partial charge < -0.3 is 0 Å². The monoisotopic (exact) mass is 466 g/mol. The summed E-state index contributed by atoms with van der Waals surface area (Å²) < 4.78 is 25.9. The molecule has 3 aromatic rings. The van der Waals surface area contributed by atoms with Crippen LogP contribution >= 0.6 is 0 Å². The number of anilines is 1. The zero-order chi connectivity index (χ0) is 24.0. The van der Waals surface area contributed by atoms with Crippen LogP contribution < -0.4 is 9.73 Å². The van der Waals surface area contributed by atoms with Crippen molar-refractivity contribution in [2.75, 3.05) is 10.6 Å². The van der Waals surface area contributed by atoms with Gasteiger partial charge in [0.2, 0.25) is 10.0 Å². The van der Waals surface area contributed by atoms with Gasteiger partial charge in [0, 0.05) is 17.7 Å². The molecule has 0 aliphatic heterocycles. The van der Waals surface area contributed by atoms with E-state index in [2.05, 4.69) is 10.5 Å². The number of hydrogen-bond acceptors (Lipinski definition) is 6. The average molecular weight is 467 g/mol. The van der Waals surface area contributed by atoms with Crippen molar-refractivity contribution in [1.82, 2.24) is 5.43 Å². The van der Waals surface area contributed by atoms with E-state index in [4.69, 9.17) is 0 Å². The van der Waals surface area contributed by atoms with E-state index in [0.29, 0.717) is 22.5 Å². The van der Waals surface area contributed by atoms with Crippen LogP contribution in [0.2, 0.25) is 0 Å².